The highest BCUT2D eigenvalue weighted by Crippen LogP contribution is 2.17. The third-order valence-electron chi connectivity index (χ3n) is 3.94. The molecule has 0 bridgehead atoms. The van der Waals surface area contributed by atoms with Gasteiger partial charge in [0.05, 0.1) is 0 Å². The van der Waals surface area contributed by atoms with Crippen molar-refractivity contribution >= 4 is 22.5 Å². The minimum absolute atomic E-state index is 0.0531. The molecule has 1 heterocycles. The maximum atomic E-state index is 12.3. The monoisotopic (exact) mass is 337 g/mol. The van der Waals surface area contributed by atoms with Gasteiger partial charge < -0.3 is 19.5 Å². The van der Waals surface area contributed by atoms with Gasteiger partial charge in [0.2, 0.25) is 5.91 Å². The van der Waals surface area contributed by atoms with E-state index < -0.39 is 0 Å². The molecule has 3 aromatic rings. The van der Waals surface area contributed by atoms with Gasteiger partial charge in [-0.3, -0.25) is 4.79 Å². The second-order valence-corrected chi connectivity index (χ2v) is 6.23. The number of carbonyl (C=O) groups is 1. The van der Waals surface area contributed by atoms with Crippen LogP contribution in [0.15, 0.2) is 60.8 Å². The van der Waals surface area contributed by atoms with Gasteiger partial charge >= 0.3 is 0 Å². The van der Waals surface area contributed by atoms with E-state index in [1.165, 1.54) is 0 Å². The third kappa shape index (κ3) is 4.61. The first-order chi connectivity index (χ1) is 12.1. The summed E-state index contributed by atoms with van der Waals surface area (Å²) in [7, 11) is 4.02. The van der Waals surface area contributed by atoms with Crippen LogP contribution in [-0.4, -0.2) is 42.6 Å². The molecule has 1 N–H and O–H groups in total. The molecule has 0 aliphatic rings. The summed E-state index contributed by atoms with van der Waals surface area (Å²) in [5, 5.41) is 4.06. The number of amides is 1. The van der Waals surface area contributed by atoms with Gasteiger partial charge in [-0.25, -0.2) is 0 Å². The Hall–Kier alpha value is -2.79. The van der Waals surface area contributed by atoms with E-state index in [9.17, 15) is 4.79 Å². The number of para-hydroxylation sites is 1. The average Bonchev–Trinajstić information content (AvgIpc) is 2.99. The fourth-order valence-electron chi connectivity index (χ4n) is 2.61. The summed E-state index contributed by atoms with van der Waals surface area (Å²) >= 11 is 0. The number of rotatable bonds is 7. The van der Waals surface area contributed by atoms with Gasteiger partial charge in [0.1, 0.15) is 18.9 Å². The summed E-state index contributed by atoms with van der Waals surface area (Å²) in [5.74, 6) is 0.749. The van der Waals surface area contributed by atoms with E-state index in [1.54, 1.807) is 0 Å². The number of aromatic nitrogens is 1. The SMILES string of the molecule is CN(C)CCOc1ccc(NC(=O)Cn2ccc3ccccc32)cc1. The van der Waals surface area contributed by atoms with Crippen molar-refractivity contribution in [3.8, 4) is 5.75 Å². The lowest BCUT2D eigenvalue weighted by Crippen LogP contribution is -2.19. The maximum Gasteiger partial charge on any atom is 0.244 e. The molecule has 0 atom stereocenters. The first kappa shape index (κ1) is 17.0. The van der Waals surface area contributed by atoms with Crippen molar-refractivity contribution in [2.75, 3.05) is 32.6 Å². The van der Waals surface area contributed by atoms with Crippen LogP contribution in [0.3, 0.4) is 0 Å². The molecule has 0 saturated carbocycles. The Morgan fingerprint density at radius 1 is 1.08 bits per heavy atom. The molecule has 3 rings (SSSR count). The van der Waals surface area contributed by atoms with E-state index in [0.717, 1.165) is 28.9 Å². The Morgan fingerprint density at radius 3 is 2.60 bits per heavy atom. The van der Waals surface area contributed by atoms with Gasteiger partial charge in [-0.15, -0.1) is 0 Å². The Kier molecular flexibility index (Phi) is 5.36. The van der Waals surface area contributed by atoms with E-state index in [2.05, 4.69) is 10.2 Å². The number of benzene rings is 2. The van der Waals surface area contributed by atoms with Crippen molar-refractivity contribution in [2.24, 2.45) is 0 Å². The molecule has 25 heavy (non-hydrogen) atoms. The Bertz CT molecular complexity index is 838. The number of likely N-dealkylation sites (N-methyl/N-ethyl adjacent to an activating group) is 1. The van der Waals surface area contributed by atoms with Crippen molar-refractivity contribution < 1.29 is 9.53 Å². The Balaban J connectivity index is 1.56. The molecule has 0 aliphatic heterocycles. The van der Waals surface area contributed by atoms with Crippen LogP contribution < -0.4 is 10.1 Å². The topological polar surface area (TPSA) is 46.5 Å². The highest BCUT2D eigenvalue weighted by atomic mass is 16.5. The molecule has 130 valence electrons. The fraction of sp³-hybridized carbons (Fsp3) is 0.250. The van der Waals surface area contributed by atoms with Crippen molar-refractivity contribution in [3.05, 3.63) is 60.8 Å². The molecular formula is C20H23N3O2. The largest absolute Gasteiger partial charge is 0.492 e. The van der Waals surface area contributed by atoms with Crippen LogP contribution in [0.5, 0.6) is 5.75 Å². The van der Waals surface area contributed by atoms with Crippen LogP contribution in [0.4, 0.5) is 5.69 Å². The van der Waals surface area contributed by atoms with Gasteiger partial charge in [0.25, 0.3) is 0 Å². The van der Waals surface area contributed by atoms with Crippen LogP contribution in [0.1, 0.15) is 0 Å². The molecule has 0 aliphatic carbocycles. The number of fused-ring (bicyclic) bond motifs is 1. The molecule has 0 spiro atoms. The van der Waals surface area contributed by atoms with E-state index in [0.29, 0.717) is 6.61 Å². The van der Waals surface area contributed by atoms with E-state index >= 15 is 0 Å². The number of anilines is 1. The molecule has 2 aromatic carbocycles. The standard InChI is InChI=1S/C20H23N3O2/c1-22(2)13-14-25-18-9-7-17(8-10-18)21-20(24)15-23-12-11-16-5-3-4-6-19(16)23/h3-12H,13-15H2,1-2H3,(H,21,24). The zero-order valence-electron chi connectivity index (χ0n) is 14.6. The number of hydrogen-bond acceptors (Lipinski definition) is 3. The predicted octanol–water partition coefficient (Wildman–Crippen LogP) is 3.22. The lowest BCUT2D eigenvalue weighted by Gasteiger charge is -2.12. The van der Waals surface area contributed by atoms with Gasteiger partial charge in [-0.05, 0) is 55.9 Å². The molecule has 0 fully saturated rings. The van der Waals surface area contributed by atoms with E-state index in [1.807, 2.05) is 79.5 Å². The molecule has 1 aromatic heterocycles. The highest BCUT2D eigenvalue weighted by Gasteiger charge is 2.06. The quantitative estimate of drug-likeness (QED) is 0.720. The van der Waals surface area contributed by atoms with Crippen LogP contribution in [0.25, 0.3) is 10.9 Å². The molecule has 5 nitrogen and oxygen atoms in total. The zero-order chi connectivity index (χ0) is 17.6. The minimum atomic E-state index is -0.0531. The first-order valence-electron chi connectivity index (χ1n) is 8.33. The summed E-state index contributed by atoms with van der Waals surface area (Å²) in [6, 6.07) is 17.5. The van der Waals surface area contributed by atoms with E-state index in [-0.39, 0.29) is 12.5 Å². The molecule has 1 amide bonds. The van der Waals surface area contributed by atoms with Crippen molar-refractivity contribution in [1.82, 2.24) is 9.47 Å². The zero-order valence-corrected chi connectivity index (χ0v) is 14.6. The first-order valence-corrected chi connectivity index (χ1v) is 8.33. The summed E-state index contributed by atoms with van der Waals surface area (Å²) in [4.78, 5) is 14.4. The average molecular weight is 337 g/mol. The van der Waals surface area contributed by atoms with Crippen LogP contribution >= 0.6 is 0 Å². The summed E-state index contributed by atoms with van der Waals surface area (Å²) in [6.45, 7) is 1.79. The third-order valence-corrected chi connectivity index (χ3v) is 3.94. The van der Waals surface area contributed by atoms with Crippen LogP contribution in [-0.2, 0) is 11.3 Å². The van der Waals surface area contributed by atoms with Crippen molar-refractivity contribution in [1.29, 1.82) is 0 Å². The number of carbonyl (C=O) groups excluding carboxylic acids is 1. The number of nitrogens with one attached hydrogen (secondary N) is 1. The molecule has 0 unspecified atom stereocenters. The molecule has 0 radical (unpaired) electrons. The normalized spacial score (nSPS) is 11.0. The van der Waals surface area contributed by atoms with Crippen molar-refractivity contribution in [2.45, 2.75) is 6.54 Å². The second kappa shape index (κ2) is 7.85. The van der Waals surface area contributed by atoms with Gasteiger partial charge in [-0.1, -0.05) is 18.2 Å². The predicted molar refractivity (Wildman–Crippen MR) is 101 cm³/mol. The fourth-order valence-corrected chi connectivity index (χ4v) is 2.61. The lowest BCUT2D eigenvalue weighted by molar-refractivity contribution is -0.116. The Morgan fingerprint density at radius 2 is 1.84 bits per heavy atom. The number of nitrogens with zero attached hydrogens (tertiary/aromatic N) is 2. The number of ether oxygens (including phenoxy) is 1. The van der Waals surface area contributed by atoms with E-state index in [4.69, 9.17) is 4.74 Å². The Labute approximate surface area is 147 Å². The number of hydrogen-bond donors (Lipinski definition) is 1. The minimum Gasteiger partial charge on any atom is -0.492 e. The van der Waals surface area contributed by atoms with Gasteiger partial charge in [-0.2, -0.15) is 0 Å². The van der Waals surface area contributed by atoms with Gasteiger partial charge in [0, 0.05) is 23.9 Å². The van der Waals surface area contributed by atoms with Gasteiger partial charge in [0.15, 0.2) is 0 Å². The second-order valence-electron chi connectivity index (χ2n) is 6.23. The summed E-state index contributed by atoms with van der Waals surface area (Å²) < 4.78 is 7.60. The summed E-state index contributed by atoms with van der Waals surface area (Å²) in [5.41, 5.74) is 1.82. The van der Waals surface area contributed by atoms with Crippen molar-refractivity contribution in [3.63, 3.8) is 0 Å². The summed E-state index contributed by atoms with van der Waals surface area (Å²) in [6.07, 6.45) is 1.94. The molecular weight excluding hydrogens is 314 g/mol. The van der Waals surface area contributed by atoms with Crippen LogP contribution in [0.2, 0.25) is 0 Å². The maximum absolute atomic E-state index is 12.3. The highest BCUT2D eigenvalue weighted by molar-refractivity contribution is 5.92. The van der Waals surface area contributed by atoms with Crippen LogP contribution in [0, 0.1) is 0 Å². The molecule has 5 heteroatoms. The lowest BCUT2D eigenvalue weighted by atomic mass is 10.2. The smallest absolute Gasteiger partial charge is 0.244 e. The molecule has 0 saturated heterocycles.